The Morgan fingerprint density at radius 2 is 0.912 bits per heavy atom. The van der Waals surface area contributed by atoms with Crippen molar-refractivity contribution in [3.8, 4) is 11.5 Å². The summed E-state index contributed by atoms with van der Waals surface area (Å²) < 4.78 is 74.9. The number of hydrogen-bond acceptors (Lipinski definition) is 15. The number of aryl methyl sites for hydroxylation is 1. The minimum atomic E-state index is -4.17. The van der Waals surface area contributed by atoms with Crippen molar-refractivity contribution in [1.29, 1.82) is 0 Å². The molecular weight excluding hydrogens is 775 g/mol. The third kappa shape index (κ3) is 17.2. The van der Waals surface area contributed by atoms with Gasteiger partial charge in [0.05, 0.1) is 58.8 Å². The number of anilines is 4. The van der Waals surface area contributed by atoms with Crippen molar-refractivity contribution in [2.75, 3.05) is 35.4 Å². The molecule has 0 amide bonds. The molecule has 5 aromatic rings. The van der Waals surface area contributed by atoms with Crippen molar-refractivity contribution in [3.05, 3.63) is 103 Å². The molecule has 304 valence electrons. The summed E-state index contributed by atoms with van der Waals surface area (Å²) in [6, 6.07) is 28.2. The van der Waals surface area contributed by atoms with Gasteiger partial charge in [-0.3, -0.25) is 9.11 Å². The molecule has 17 nitrogen and oxygen atoms in total. The summed E-state index contributed by atoms with van der Waals surface area (Å²) in [7, 11) is -8.34. The van der Waals surface area contributed by atoms with E-state index in [0.29, 0.717) is 51.4 Å². The molecule has 57 heavy (non-hydrogen) atoms. The standard InChI is InChI=1S/C34H35N9O8S2.2C2H6/c1-24-35-33(37-29-16-14-27(42-40-25-10-4-2-5-11-25)22-31(29)50-18-8-20-52(44,45)46)39-34(36-24)38-30-17-15-28(43-41-26-12-6-3-7-13-26)23-32(30)51-19-9-21-53(47,48)49;2*1-2/h2-7,10-17,22-23H,8-9,18-21H2,1H3,(H,44,45,46)(H,47,48,49)(H2,35,36,37,38,39);2*1-2H3. The van der Waals surface area contributed by atoms with Crippen LogP contribution in [0.1, 0.15) is 46.4 Å². The molecule has 0 aliphatic heterocycles. The largest absolute Gasteiger partial charge is 0.491 e. The van der Waals surface area contributed by atoms with Gasteiger partial charge >= 0.3 is 0 Å². The van der Waals surface area contributed by atoms with Gasteiger partial charge in [-0.25, -0.2) is 0 Å². The molecule has 19 heteroatoms. The van der Waals surface area contributed by atoms with Gasteiger partial charge in [-0.1, -0.05) is 64.1 Å². The molecule has 0 aliphatic carbocycles. The number of ether oxygens (including phenoxy) is 2. The summed E-state index contributed by atoms with van der Waals surface area (Å²) in [5, 5.41) is 23.2. The van der Waals surface area contributed by atoms with E-state index in [1.807, 2.05) is 64.1 Å². The van der Waals surface area contributed by atoms with Crippen LogP contribution in [0.2, 0.25) is 0 Å². The molecule has 0 bridgehead atoms. The van der Waals surface area contributed by atoms with Crippen molar-refractivity contribution in [1.82, 2.24) is 15.0 Å². The SMILES string of the molecule is CC.CC.Cc1nc(Nc2ccc(N=Nc3ccccc3)cc2OCCCS(=O)(=O)O)nc(Nc2ccc(N=Nc3ccccc3)cc2OCCCS(=O)(=O)O)n1. The Morgan fingerprint density at radius 1 is 0.544 bits per heavy atom. The Hall–Kier alpha value is -5.89. The van der Waals surface area contributed by atoms with Crippen LogP contribution in [0, 0.1) is 6.92 Å². The Labute approximate surface area is 333 Å². The van der Waals surface area contributed by atoms with Crippen molar-refractivity contribution < 1.29 is 35.4 Å². The fourth-order valence-electron chi connectivity index (χ4n) is 4.49. The summed E-state index contributed by atoms with van der Waals surface area (Å²) in [6.07, 6.45) is 0.0548. The molecular formula is C38H47N9O8S2. The first kappa shape index (κ1) is 45.5. The van der Waals surface area contributed by atoms with Gasteiger partial charge in [0.1, 0.15) is 17.3 Å². The van der Waals surface area contributed by atoms with Crippen LogP contribution in [-0.2, 0) is 20.2 Å². The van der Waals surface area contributed by atoms with Crippen molar-refractivity contribution in [3.63, 3.8) is 0 Å². The van der Waals surface area contributed by atoms with Crippen molar-refractivity contribution in [2.24, 2.45) is 20.5 Å². The van der Waals surface area contributed by atoms with Gasteiger partial charge in [0.15, 0.2) is 0 Å². The molecule has 1 heterocycles. The molecule has 0 unspecified atom stereocenters. The van der Waals surface area contributed by atoms with Crippen LogP contribution in [0.5, 0.6) is 11.5 Å². The first-order valence-electron chi connectivity index (χ1n) is 18.0. The summed E-state index contributed by atoms with van der Waals surface area (Å²) in [4.78, 5) is 13.3. The van der Waals surface area contributed by atoms with Crippen LogP contribution in [-0.4, -0.2) is 65.6 Å². The zero-order valence-electron chi connectivity index (χ0n) is 32.3. The maximum Gasteiger partial charge on any atom is 0.264 e. The first-order valence-corrected chi connectivity index (χ1v) is 21.2. The summed E-state index contributed by atoms with van der Waals surface area (Å²) >= 11 is 0. The number of aromatic nitrogens is 3. The monoisotopic (exact) mass is 821 g/mol. The van der Waals surface area contributed by atoms with E-state index in [0.717, 1.165) is 0 Å². The van der Waals surface area contributed by atoms with Gasteiger partial charge in [0.2, 0.25) is 11.9 Å². The molecule has 5 rings (SSSR count). The highest BCUT2D eigenvalue weighted by Gasteiger charge is 2.14. The van der Waals surface area contributed by atoms with E-state index in [2.05, 4.69) is 46.0 Å². The first-order chi connectivity index (χ1) is 27.4. The zero-order valence-corrected chi connectivity index (χ0v) is 33.9. The lowest BCUT2D eigenvalue weighted by Gasteiger charge is -2.15. The summed E-state index contributed by atoms with van der Waals surface area (Å²) in [5.74, 6) is 0.229. The molecule has 0 saturated carbocycles. The molecule has 0 saturated heterocycles. The average molecular weight is 822 g/mol. The van der Waals surface area contributed by atoms with Crippen LogP contribution in [0.15, 0.2) is 118 Å². The highest BCUT2D eigenvalue weighted by molar-refractivity contribution is 7.86. The van der Waals surface area contributed by atoms with Gasteiger partial charge < -0.3 is 20.1 Å². The second-order valence-electron chi connectivity index (χ2n) is 11.2. The van der Waals surface area contributed by atoms with Gasteiger partial charge in [-0.2, -0.15) is 52.2 Å². The maximum absolute atomic E-state index is 11.2. The number of nitrogens with zero attached hydrogens (tertiary/aromatic N) is 7. The third-order valence-corrected chi connectivity index (χ3v) is 8.46. The van der Waals surface area contributed by atoms with Gasteiger partial charge in [0, 0.05) is 12.1 Å². The fourth-order valence-corrected chi connectivity index (χ4v) is 5.46. The van der Waals surface area contributed by atoms with Crippen LogP contribution < -0.4 is 20.1 Å². The molecule has 0 aliphatic rings. The highest BCUT2D eigenvalue weighted by Crippen LogP contribution is 2.34. The topological polar surface area (TPSA) is 239 Å². The van der Waals surface area contributed by atoms with Crippen LogP contribution in [0.3, 0.4) is 0 Å². The fraction of sp³-hybridized carbons (Fsp3) is 0.289. The van der Waals surface area contributed by atoms with E-state index in [1.54, 1.807) is 67.6 Å². The normalized spacial score (nSPS) is 11.3. The molecule has 1 aromatic heterocycles. The van der Waals surface area contributed by atoms with Crippen LogP contribution in [0.4, 0.5) is 46.0 Å². The average Bonchev–Trinajstić information content (AvgIpc) is 3.19. The minimum absolute atomic E-state index is 0.0274. The van der Waals surface area contributed by atoms with E-state index < -0.39 is 31.7 Å². The predicted molar refractivity (Wildman–Crippen MR) is 221 cm³/mol. The Morgan fingerprint density at radius 3 is 1.28 bits per heavy atom. The Bertz CT molecular complexity index is 2120. The van der Waals surface area contributed by atoms with E-state index in [-0.39, 0.29) is 38.0 Å². The lowest BCUT2D eigenvalue weighted by Crippen LogP contribution is -2.10. The number of rotatable bonds is 18. The quantitative estimate of drug-likeness (QED) is 0.0366. The second kappa shape index (κ2) is 23.2. The smallest absolute Gasteiger partial charge is 0.264 e. The Kier molecular flexibility index (Phi) is 18.6. The third-order valence-electron chi connectivity index (χ3n) is 6.85. The molecule has 4 N–H and O–H groups in total. The van der Waals surface area contributed by atoms with Crippen LogP contribution in [0.25, 0.3) is 0 Å². The second-order valence-corrected chi connectivity index (χ2v) is 14.3. The lowest BCUT2D eigenvalue weighted by atomic mass is 10.2. The number of benzene rings is 4. The van der Waals surface area contributed by atoms with Gasteiger partial charge in [-0.05, 0) is 68.3 Å². The molecule has 0 atom stereocenters. The van der Waals surface area contributed by atoms with E-state index in [4.69, 9.17) is 18.6 Å². The summed E-state index contributed by atoms with van der Waals surface area (Å²) in [6.45, 7) is 9.59. The summed E-state index contributed by atoms with van der Waals surface area (Å²) in [5.41, 5.74) is 3.03. The molecule has 4 aromatic carbocycles. The number of nitrogens with one attached hydrogen (secondary N) is 2. The van der Waals surface area contributed by atoms with E-state index >= 15 is 0 Å². The zero-order chi connectivity index (χ0) is 41.7. The van der Waals surface area contributed by atoms with Crippen LogP contribution >= 0.6 is 0 Å². The minimum Gasteiger partial charge on any atom is -0.491 e. The molecule has 0 spiro atoms. The van der Waals surface area contributed by atoms with Gasteiger partial charge in [0.25, 0.3) is 20.2 Å². The van der Waals surface area contributed by atoms with Gasteiger partial charge in [-0.15, -0.1) is 0 Å². The Balaban J connectivity index is 0.00000211. The molecule has 0 radical (unpaired) electrons. The highest BCUT2D eigenvalue weighted by atomic mass is 32.2. The van der Waals surface area contributed by atoms with Crippen molar-refractivity contribution in [2.45, 2.75) is 47.5 Å². The van der Waals surface area contributed by atoms with Crippen molar-refractivity contribution >= 4 is 66.3 Å². The van der Waals surface area contributed by atoms with E-state index in [9.17, 15) is 16.8 Å². The maximum atomic E-state index is 11.2. The lowest BCUT2D eigenvalue weighted by molar-refractivity contribution is 0.317. The molecule has 0 fully saturated rings. The van der Waals surface area contributed by atoms with E-state index in [1.165, 1.54) is 0 Å². The predicted octanol–water partition coefficient (Wildman–Crippen LogP) is 9.86. The number of hydrogen-bond donors (Lipinski definition) is 4. The number of azo groups is 2.